The lowest BCUT2D eigenvalue weighted by molar-refractivity contribution is 0.221. The molecule has 1 heterocycles. The van der Waals surface area contributed by atoms with Gasteiger partial charge in [-0.2, -0.15) is 10.1 Å². The lowest BCUT2D eigenvalue weighted by atomic mass is 10.0. The Morgan fingerprint density at radius 3 is 2.53 bits per heavy atom. The summed E-state index contributed by atoms with van der Waals surface area (Å²) in [5.41, 5.74) is 9.12. The van der Waals surface area contributed by atoms with Crippen LogP contribution in [0.5, 0.6) is 0 Å². The molecule has 0 saturated carbocycles. The van der Waals surface area contributed by atoms with E-state index in [9.17, 15) is 4.79 Å². The monoisotopic (exact) mass is 229 g/mol. The lowest BCUT2D eigenvalue weighted by Crippen LogP contribution is -2.34. The molecule has 2 N–H and O–H groups in total. The number of urea groups is 1. The van der Waals surface area contributed by atoms with E-state index in [0.29, 0.717) is 0 Å². The average molecular weight is 229 g/mol. The van der Waals surface area contributed by atoms with E-state index in [0.717, 1.165) is 29.0 Å². The van der Waals surface area contributed by atoms with Crippen molar-refractivity contribution in [3.05, 3.63) is 47.2 Å². The number of primary amides is 1. The van der Waals surface area contributed by atoms with Crippen molar-refractivity contribution in [1.82, 2.24) is 5.01 Å². The van der Waals surface area contributed by atoms with Gasteiger partial charge in [0.25, 0.3) is 0 Å². The molecule has 0 bridgehead atoms. The minimum absolute atomic E-state index is 0.546. The summed E-state index contributed by atoms with van der Waals surface area (Å²) in [6.45, 7) is 3.84. The van der Waals surface area contributed by atoms with Crippen molar-refractivity contribution < 1.29 is 4.79 Å². The van der Waals surface area contributed by atoms with Crippen LogP contribution in [0.25, 0.3) is 0 Å². The molecular weight excluding hydrogens is 214 g/mol. The fourth-order valence-electron chi connectivity index (χ4n) is 1.80. The van der Waals surface area contributed by atoms with Gasteiger partial charge in [-0.1, -0.05) is 30.3 Å². The number of allylic oxidation sites excluding steroid dienone is 2. The fraction of sp³-hybridized carbons (Fsp3) is 0.231. The Morgan fingerprint density at radius 2 is 1.94 bits per heavy atom. The second kappa shape index (κ2) is 4.41. The first-order valence-corrected chi connectivity index (χ1v) is 5.48. The number of benzene rings is 1. The molecule has 1 aliphatic rings. The van der Waals surface area contributed by atoms with Gasteiger partial charge < -0.3 is 5.73 Å². The summed E-state index contributed by atoms with van der Waals surface area (Å²) in [5, 5.41) is 5.57. The molecular formula is C13H15N3O. The molecule has 88 valence electrons. The molecule has 0 aliphatic carbocycles. The van der Waals surface area contributed by atoms with Crippen LogP contribution in [-0.4, -0.2) is 16.8 Å². The molecule has 0 fully saturated rings. The molecule has 1 aliphatic heterocycles. The van der Waals surface area contributed by atoms with Gasteiger partial charge in [-0.05, 0) is 25.0 Å². The minimum Gasteiger partial charge on any atom is -0.350 e. The maximum absolute atomic E-state index is 11.3. The van der Waals surface area contributed by atoms with Crippen molar-refractivity contribution in [2.75, 3.05) is 0 Å². The highest BCUT2D eigenvalue weighted by atomic mass is 16.2. The number of rotatable bonds is 1. The van der Waals surface area contributed by atoms with Gasteiger partial charge in [0.2, 0.25) is 0 Å². The number of amides is 2. The molecule has 1 aromatic rings. The first-order chi connectivity index (χ1) is 8.09. The van der Waals surface area contributed by atoms with Crippen LogP contribution in [-0.2, 0) is 0 Å². The summed E-state index contributed by atoms with van der Waals surface area (Å²) < 4.78 is 0. The van der Waals surface area contributed by atoms with Crippen LogP contribution >= 0.6 is 0 Å². The Labute approximate surface area is 100 Å². The summed E-state index contributed by atoms with van der Waals surface area (Å²) in [4.78, 5) is 11.3. The van der Waals surface area contributed by atoms with E-state index >= 15 is 0 Å². The van der Waals surface area contributed by atoms with E-state index in [4.69, 9.17) is 5.73 Å². The predicted molar refractivity (Wildman–Crippen MR) is 67.4 cm³/mol. The Bertz CT molecular complexity index is 503. The van der Waals surface area contributed by atoms with Crippen molar-refractivity contribution in [3.63, 3.8) is 0 Å². The van der Waals surface area contributed by atoms with Crippen LogP contribution in [0.15, 0.2) is 46.7 Å². The highest BCUT2D eigenvalue weighted by molar-refractivity contribution is 6.03. The lowest BCUT2D eigenvalue weighted by Gasteiger charge is -2.24. The molecule has 0 atom stereocenters. The normalized spacial score (nSPS) is 15.9. The molecule has 1 aromatic carbocycles. The number of carbonyl (C=O) groups excluding carboxylic acids is 1. The molecule has 0 radical (unpaired) electrons. The standard InChI is InChI=1S/C13H15N3O/c1-9-8-12(11-6-4-3-5-7-11)15-16(10(9)2)13(14)17/h3-7H,8H2,1-2H3,(H2,14,17). The molecule has 0 spiro atoms. The number of hydrogen-bond acceptors (Lipinski definition) is 2. The van der Waals surface area contributed by atoms with Crippen LogP contribution in [0.2, 0.25) is 0 Å². The van der Waals surface area contributed by atoms with Crippen molar-refractivity contribution in [3.8, 4) is 0 Å². The summed E-state index contributed by atoms with van der Waals surface area (Å²) in [6.07, 6.45) is 0.750. The fourth-order valence-corrected chi connectivity index (χ4v) is 1.80. The largest absolute Gasteiger partial charge is 0.350 e. The maximum Gasteiger partial charge on any atom is 0.339 e. The maximum atomic E-state index is 11.3. The second-order valence-corrected chi connectivity index (χ2v) is 4.11. The van der Waals surface area contributed by atoms with E-state index in [1.807, 2.05) is 44.2 Å². The topological polar surface area (TPSA) is 58.7 Å². The second-order valence-electron chi connectivity index (χ2n) is 4.11. The zero-order valence-corrected chi connectivity index (χ0v) is 9.97. The van der Waals surface area contributed by atoms with Gasteiger partial charge >= 0.3 is 6.03 Å². The van der Waals surface area contributed by atoms with Gasteiger partial charge in [0.15, 0.2) is 0 Å². The molecule has 4 heteroatoms. The number of hydrogen-bond donors (Lipinski definition) is 1. The predicted octanol–water partition coefficient (Wildman–Crippen LogP) is 2.47. The molecule has 4 nitrogen and oxygen atoms in total. The minimum atomic E-state index is -0.546. The van der Waals surface area contributed by atoms with Gasteiger partial charge in [-0.25, -0.2) is 4.79 Å². The third-order valence-corrected chi connectivity index (χ3v) is 2.90. The highest BCUT2D eigenvalue weighted by Gasteiger charge is 2.20. The Morgan fingerprint density at radius 1 is 1.29 bits per heavy atom. The van der Waals surface area contributed by atoms with Crippen molar-refractivity contribution >= 4 is 11.7 Å². The Balaban J connectivity index is 2.39. The van der Waals surface area contributed by atoms with E-state index in [-0.39, 0.29) is 0 Å². The van der Waals surface area contributed by atoms with E-state index in [2.05, 4.69) is 5.10 Å². The smallest absolute Gasteiger partial charge is 0.339 e. The first kappa shape index (κ1) is 11.4. The van der Waals surface area contributed by atoms with Crippen molar-refractivity contribution in [2.45, 2.75) is 20.3 Å². The number of carbonyl (C=O) groups is 1. The van der Waals surface area contributed by atoms with Gasteiger partial charge in [0, 0.05) is 12.1 Å². The third-order valence-electron chi connectivity index (χ3n) is 2.90. The molecule has 2 amide bonds. The molecule has 2 rings (SSSR count). The van der Waals surface area contributed by atoms with Crippen LogP contribution in [0.4, 0.5) is 4.79 Å². The summed E-state index contributed by atoms with van der Waals surface area (Å²) in [5.74, 6) is 0. The number of nitrogens with two attached hydrogens (primary N) is 1. The third kappa shape index (κ3) is 2.20. The highest BCUT2D eigenvalue weighted by Crippen LogP contribution is 2.22. The van der Waals surface area contributed by atoms with Crippen LogP contribution < -0.4 is 5.73 Å². The van der Waals surface area contributed by atoms with Crippen molar-refractivity contribution in [1.29, 1.82) is 0 Å². The van der Waals surface area contributed by atoms with E-state index in [1.165, 1.54) is 5.01 Å². The van der Waals surface area contributed by atoms with Gasteiger partial charge in [0.05, 0.1) is 5.71 Å². The first-order valence-electron chi connectivity index (χ1n) is 5.48. The molecule has 0 unspecified atom stereocenters. The van der Waals surface area contributed by atoms with Crippen LogP contribution in [0.1, 0.15) is 25.8 Å². The summed E-state index contributed by atoms with van der Waals surface area (Å²) in [7, 11) is 0. The molecule has 17 heavy (non-hydrogen) atoms. The van der Waals surface area contributed by atoms with E-state index in [1.54, 1.807) is 0 Å². The SMILES string of the molecule is CC1=C(C)N(C(N)=O)N=C(c2ccccc2)C1. The zero-order valence-electron chi connectivity index (χ0n) is 9.97. The Hall–Kier alpha value is -2.10. The number of nitrogens with zero attached hydrogens (tertiary/aromatic N) is 2. The number of hydrazone groups is 1. The Kier molecular flexibility index (Phi) is 2.95. The van der Waals surface area contributed by atoms with Crippen LogP contribution in [0.3, 0.4) is 0 Å². The van der Waals surface area contributed by atoms with E-state index < -0.39 is 6.03 Å². The van der Waals surface area contributed by atoms with Gasteiger partial charge in [0.1, 0.15) is 0 Å². The van der Waals surface area contributed by atoms with Crippen LogP contribution in [0, 0.1) is 0 Å². The average Bonchev–Trinajstić information content (AvgIpc) is 2.33. The van der Waals surface area contributed by atoms with Crippen molar-refractivity contribution in [2.24, 2.45) is 10.8 Å². The molecule has 0 aromatic heterocycles. The van der Waals surface area contributed by atoms with Gasteiger partial charge in [-0.15, -0.1) is 0 Å². The quantitative estimate of drug-likeness (QED) is 0.790. The summed E-state index contributed by atoms with van der Waals surface area (Å²) >= 11 is 0. The van der Waals surface area contributed by atoms with Gasteiger partial charge in [-0.3, -0.25) is 0 Å². The molecule has 0 saturated heterocycles. The summed E-state index contributed by atoms with van der Waals surface area (Å²) in [6, 6.07) is 9.26. The zero-order chi connectivity index (χ0) is 12.4.